The summed E-state index contributed by atoms with van der Waals surface area (Å²) in [6, 6.07) is 10.9. The highest BCUT2D eigenvalue weighted by Crippen LogP contribution is 2.44. The Bertz CT molecular complexity index is 1200. The summed E-state index contributed by atoms with van der Waals surface area (Å²) < 4.78 is 5.17. The number of fused-ring (bicyclic) bond motifs is 2. The number of aryl methyl sites for hydroxylation is 1. The van der Waals surface area contributed by atoms with Crippen molar-refractivity contribution in [1.29, 1.82) is 0 Å². The number of hydrogen-bond donors (Lipinski definition) is 3. The fourth-order valence-electron chi connectivity index (χ4n) is 4.92. The van der Waals surface area contributed by atoms with Crippen molar-refractivity contribution < 1.29 is 19.4 Å². The number of rotatable bonds is 3. The van der Waals surface area contributed by atoms with E-state index in [-0.39, 0.29) is 28.9 Å². The molecule has 9 nitrogen and oxygen atoms in total. The van der Waals surface area contributed by atoms with Gasteiger partial charge in [0.15, 0.2) is 0 Å². The van der Waals surface area contributed by atoms with Crippen molar-refractivity contribution in [2.75, 3.05) is 20.2 Å². The van der Waals surface area contributed by atoms with Crippen LogP contribution in [-0.2, 0) is 16.6 Å². The number of benzene rings is 1. The molecule has 33 heavy (non-hydrogen) atoms. The van der Waals surface area contributed by atoms with Crippen LogP contribution in [0.15, 0.2) is 47.4 Å². The Hall–Kier alpha value is -3.88. The van der Waals surface area contributed by atoms with Crippen LogP contribution in [0, 0.1) is 0 Å². The molecule has 0 radical (unpaired) electrons. The van der Waals surface area contributed by atoms with Crippen molar-refractivity contribution in [3.8, 4) is 17.0 Å². The Labute approximate surface area is 190 Å². The van der Waals surface area contributed by atoms with E-state index in [2.05, 4.69) is 15.2 Å². The van der Waals surface area contributed by atoms with Gasteiger partial charge in [0, 0.05) is 29.9 Å². The number of carbonyl (C=O) groups is 2. The normalized spacial score (nSPS) is 18.9. The minimum absolute atomic E-state index is 0.0600. The number of methoxy groups -OCH3 is 1. The number of likely N-dealkylation sites (tertiary alicyclic amines) is 1. The van der Waals surface area contributed by atoms with Crippen molar-refractivity contribution in [3.05, 3.63) is 69.8 Å². The van der Waals surface area contributed by atoms with E-state index in [0.29, 0.717) is 18.8 Å². The first-order valence-electron chi connectivity index (χ1n) is 10.8. The first-order chi connectivity index (χ1) is 16.0. The molecule has 2 aromatic heterocycles. The smallest absolute Gasteiger partial charge is 0.290 e. The molecule has 1 atom stereocenters. The zero-order valence-electron chi connectivity index (χ0n) is 18.3. The molecule has 0 saturated carbocycles. The molecule has 1 unspecified atom stereocenters. The third-order valence-electron chi connectivity index (χ3n) is 6.53. The Kier molecular flexibility index (Phi) is 6.30. The molecule has 3 heterocycles. The third kappa shape index (κ3) is 4.26. The number of aromatic nitrogens is 3. The number of hydrogen-bond acceptors (Lipinski definition) is 5. The molecule has 1 saturated heterocycles. The molecule has 3 N–H and O–H groups in total. The lowest BCUT2D eigenvalue weighted by molar-refractivity contribution is -0.122. The molecule has 9 heteroatoms. The molecular formula is C24H26N4O5. The van der Waals surface area contributed by atoms with Gasteiger partial charge in [-0.3, -0.25) is 19.5 Å². The molecule has 2 aliphatic rings. The molecule has 1 aliphatic carbocycles. The summed E-state index contributed by atoms with van der Waals surface area (Å²) in [5.41, 5.74) is 3.73. The number of H-pyrrole nitrogens is 2. The van der Waals surface area contributed by atoms with Gasteiger partial charge in [-0.1, -0.05) is 0 Å². The van der Waals surface area contributed by atoms with E-state index in [1.165, 1.54) is 11.3 Å². The van der Waals surface area contributed by atoms with Gasteiger partial charge in [0.05, 0.1) is 13.3 Å². The number of pyridine rings is 1. The molecule has 1 aliphatic heterocycles. The zero-order valence-corrected chi connectivity index (χ0v) is 18.3. The topological polar surface area (TPSA) is 128 Å². The summed E-state index contributed by atoms with van der Waals surface area (Å²) in [5.74, 6) is 0.545. The van der Waals surface area contributed by atoms with Crippen LogP contribution in [-0.4, -0.2) is 57.8 Å². The zero-order chi connectivity index (χ0) is 23.4. The van der Waals surface area contributed by atoms with Crippen LogP contribution in [0.3, 0.4) is 0 Å². The molecule has 1 fully saturated rings. The van der Waals surface area contributed by atoms with Gasteiger partial charge >= 0.3 is 0 Å². The van der Waals surface area contributed by atoms with Crippen molar-refractivity contribution in [1.82, 2.24) is 20.1 Å². The average Bonchev–Trinajstić information content (AvgIpc) is 3.44. The molecule has 1 spiro atoms. The highest BCUT2D eigenvalue weighted by Gasteiger charge is 2.44. The second kappa shape index (κ2) is 9.32. The summed E-state index contributed by atoms with van der Waals surface area (Å²) in [7, 11) is 1.61. The van der Waals surface area contributed by atoms with Gasteiger partial charge in [-0.15, -0.1) is 0 Å². The largest absolute Gasteiger partial charge is 0.497 e. The minimum atomic E-state index is -0.360. The summed E-state index contributed by atoms with van der Waals surface area (Å²) >= 11 is 0. The average molecular weight is 450 g/mol. The van der Waals surface area contributed by atoms with Gasteiger partial charge in [0.2, 0.25) is 0 Å². The Morgan fingerprint density at radius 2 is 1.97 bits per heavy atom. The van der Waals surface area contributed by atoms with Crippen LogP contribution in [0.4, 0.5) is 0 Å². The van der Waals surface area contributed by atoms with E-state index < -0.39 is 0 Å². The van der Waals surface area contributed by atoms with E-state index in [1.54, 1.807) is 19.2 Å². The SMILES string of the molecule is COc1ccc(-c2ccc(C(=O)N3CCCC4(CCc5cn[nH]c54)C3)c(=O)[nH]2)cc1.O=CO. The molecule has 1 amide bonds. The number of ether oxygens (including phenoxy) is 1. The van der Waals surface area contributed by atoms with Gasteiger partial charge in [0.1, 0.15) is 11.3 Å². The van der Waals surface area contributed by atoms with E-state index in [4.69, 9.17) is 14.6 Å². The van der Waals surface area contributed by atoms with Crippen LogP contribution in [0.25, 0.3) is 11.3 Å². The van der Waals surface area contributed by atoms with Crippen LogP contribution in [0.1, 0.15) is 40.9 Å². The number of carbonyl (C=O) groups excluding carboxylic acids is 1. The van der Waals surface area contributed by atoms with Crippen molar-refractivity contribution in [3.63, 3.8) is 0 Å². The van der Waals surface area contributed by atoms with Gasteiger partial charge in [-0.05, 0) is 73.2 Å². The van der Waals surface area contributed by atoms with Gasteiger partial charge in [-0.2, -0.15) is 5.10 Å². The quantitative estimate of drug-likeness (QED) is 0.526. The van der Waals surface area contributed by atoms with Crippen molar-refractivity contribution >= 4 is 12.4 Å². The van der Waals surface area contributed by atoms with E-state index in [0.717, 1.165) is 37.0 Å². The first kappa shape index (κ1) is 22.3. The monoisotopic (exact) mass is 450 g/mol. The van der Waals surface area contributed by atoms with Gasteiger partial charge in [0.25, 0.3) is 17.9 Å². The maximum atomic E-state index is 13.2. The first-order valence-corrected chi connectivity index (χ1v) is 10.8. The lowest BCUT2D eigenvalue weighted by Gasteiger charge is -2.40. The number of piperidine rings is 1. The number of nitrogens with one attached hydrogen (secondary N) is 2. The Balaban J connectivity index is 0.000000821. The van der Waals surface area contributed by atoms with Crippen LogP contribution >= 0.6 is 0 Å². The summed E-state index contributed by atoms with van der Waals surface area (Å²) in [6.45, 7) is 1.05. The number of amides is 1. The van der Waals surface area contributed by atoms with E-state index in [1.807, 2.05) is 35.4 Å². The van der Waals surface area contributed by atoms with Crippen LogP contribution < -0.4 is 10.3 Å². The molecule has 5 rings (SSSR count). The highest BCUT2D eigenvalue weighted by molar-refractivity contribution is 5.94. The standard InChI is InChI=1S/C23H24N4O3.CH2O2/c1-30-17-5-3-15(4-6-17)19-8-7-18(21(28)25-19)22(29)27-12-2-10-23(14-27)11-9-16-13-24-26-20(16)23;2-1-3/h3-8,13H,2,9-12,14H2,1H3,(H,24,26)(H,25,28);1H,(H,2,3). The molecule has 1 aromatic carbocycles. The molecule has 0 bridgehead atoms. The van der Waals surface area contributed by atoms with E-state index in [9.17, 15) is 9.59 Å². The number of nitrogens with zero attached hydrogens (tertiary/aromatic N) is 2. The Morgan fingerprint density at radius 3 is 2.67 bits per heavy atom. The van der Waals surface area contributed by atoms with E-state index >= 15 is 0 Å². The lowest BCUT2D eigenvalue weighted by Crippen LogP contribution is -2.48. The molecule has 3 aromatic rings. The summed E-state index contributed by atoms with van der Waals surface area (Å²) in [5, 5.41) is 14.2. The second-order valence-electron chi connectivity index (χ2n) is 8.33. The van der Waals surface area contributed by atoms with Gasteiger partial charge in [-0.25, -0.2) is 0 Å². The third-order valence-corrected chi connectivity index (χ3v) is 6.53. The lowest BCUT2D eigenvalue weighted by atomic mass is 9.77. The summed E-state index contributed by atoms with van der Waals surface area (Å²) in [4.78, 5) is 39.0. The van der Waals surface area contributed by atoms with Crippen LogP contribution in [0.2, 0.25) is 0 Å². The highest BCUT2D eigenvalue weighted by atomic mass is 16.5. The predicted octanol–water partition coefficient (Wildman–Crippen LogP) is 2.59. The fraction of sp³-hybridized carbons (Fsp3) is 0.333. The minimum Gasteiger partial charge on any atom is -0.497 e. The van der Waals surface area contributed by atoms with Crippen LogP contribution in [0.5, 0.6) is 5.75 Å². The maximum Gasteiger partial charge on any atom is 0.290 e. The maximum absolute atomic E-state index is 13.2. The number of carboxylic acid groups (broad SMARTS) is 1. The fourth-order valence-corrected chi connectivity index (χ4v) is 4.92. The summed E-state index contributed by atoms with van der Waals surface area (Å²) in [6.07, 6.45) is 5.87. The van der Waals surface area contributed by atoms with Crippen molar-refractivity contribution in [2.24, 2.45) is 0 Å². The van der Waals surface area contributed by atoms with Crippen molar-refractivity contribution in [2.45, 2.75) is 31.1 Å². The van der Waals surface area contributed by atoms with Gasteiger partial charge < -0.3 is 19.7 Å². The second-order valence-corrected chi connectivity index (χ2v) is 8.33. The predicted molar refractivity (Wildman–Crippen MR) is 121 cm³/mol. The molecular weight excluding hydrogens is 424 g/mol. The Morgan fingerprint density at radius 1 is 1.21 bits per heavy atom. The number of aromatic amines is 2. The molecule has 172 valence electrons.